The number of halogens is 2. The number of likely N-dealkylation sites (tertiary alicyclic amines) is 1. The molecule has 0 amide bonds. The number of nitrogens with one attached hydrogen (secondary N) is 1. The normalized spacial score (nSPS) is 21.8. The molecular formula is C15H22BrFN2. The molecule has 1 fully saturated rings. The molecule has 4 heteroatoms. The van der Waals surface area contributed by atoms with Gasteiger partial charge in [-0.2, -0.15) is 0 Å². The number of hydrogen-bond acceptors (Lipinski definition) is 2. The van der Waals surface area contributed by atoms with Crippen LogP contribution < -0.4 is 5.32 Å². The molecule has 1 N–H and O–H groups in total. The molecule has 1 aromatic carbocycles. The highest BCUT2D eigenvalue weighted by Gasteiger charge is 2.21. The Bertz CT molecular complexity index is 425. The first kappa shape index (κ1) is 14.9. The van der Waals surface area contributed by atoms with Gasteiger partial charge in [0.1, 0.15) is 5.82 Å². The minimum atomic E-state index is -0.197. The maximum atomic E-state index is 13.1. The first-order valence-electron chi connectivity index (χ1n) is 7.00. The van der Waals surface area contributed by atoms with Crippen LogP contribution in [0, 0.1) is 11.7 Å². The minimum Gasteiger partial charge on any atom is -0.310 e. The summed E-state index contributed by atoms with van der Waals surface area (Å²) in [6, 6.07) is 5.14. The summed E-state index contributed by atoms with van der Waals surface area (Å²) in [6.07, 6.45) is 1.28. The van der Waals surface area contributed by atoms with Crippen molar-refractivity contribution >= 4 is 15.9 Å². The van der Waals surface area contributed by atoms with E-state index < -0.39 is 0 Å². The van der Waals surface area contributed by atoms with Gasteiger partial charge in [-0.1, -0.05) is 28.9 Å². The third-order valence-electron chi connectivity index (χ3n) is 3.96. The second-order valence-electron chi connectivity index (χ2n) is 5.34. The number of nitrogens with zero attached hydrogens (tertiary/aromatic N) is 1. The summed E-state index contributed by atoms with van der Waals surface area (Å²) < 4.78 is 13.9. The van der Waals surface area contributed by atoms with Crippen LogP contribution in [0.3, 0.4) is 0 Å². The Kier molecular flexibility index (Phi) is 5.37. The zero-order chi connectivity index (χ0) is 13.8. The SMILES string of the molecule is CCN1CCC(CNC(C)c2ccc(F)cc2Br)C1. The van der Waals surface area contributed by atoms with E-state index in [0.717, 1.165) is 29.0 Å². The van der Waals surface area contributed by atoms with Gasteiger partial charge in [0, 0.05) is 17.1 Å². The molecule has 0 aromatic heterocycles. The van der Waals surface area contributed by atoms with Crippen LogP contribution in [0.4, 0.5) is 4.39 Å². The van der Waals surface area contributed by atoms with E-state index in [1.165, 1.54) is 31.6 Å². The maximum Gasteiger partial charge on any atom is 0.124 e. The summed E-state index contributed by atoms with van der Waals surface area (Å²) in [7, 11) is 0. The molecule has 0 radical (unpaired) electrons. The van der Waals surface area contributed by atoms with Crippen LogP contribution in [0.25, 0.3) is 0 Å². The first-order chi connectivity index (χ1) is 9.10. The Hall–Kier alpha value is -0.450. The van der Waals surface area contributed by atoms with Crippen molar-refractivity contribution in [3.05, 3.63) is 34.1 Å². The van der Waals surface area contributed by atoms with Gasteiger partial charge in [0.2, 0.25) is 0 Å². The molecule has 106 valence electrons. The fourth-order valence-electron chi connectivity index (χ4n) is 2.67. The Morgan fingerprint density at radius 1 is 1.53 bits per heavy atom. The van der Waals surface area contributed by atoms with Gasteiger partial charge in [-0.05, 0) is 56.6 Å². The lowest BCUT2D eigenvalue weighted by Gasteiger charge is -2.19. The van der Waals surface area contributed by atoms with Crippen molar-refractivity contribution in [2.24, 2.45) is 5.92 Å². The summed E-state index contributed by atoms with van der Waals surface area (Å²) in [5.41, 5.74) is 1.12. The third-order valence-corrected chi connectivity index (χ3v) is 4.65. The van der Waals surface area contributed by atoms with E-state index in [1.807, 2.05) is 6.07 Å². The molecule has 0 spiro atoms. The molecule has 0 aliphatic carbocycles. The van der Waals surface area contributed by atoms with E-state index in [4.69, 9.17) is 0 Å². The average molecular weight is 329 g/mol. The number of hydrogen-bond donors (Lipinski definition) is 1. The smallest absolute Gasteiger partial charge is 0.124 e. The van der Waals surface area contributed by atoms with E-state index in [-0.39, 0.29) is 11.9 Å². The summed E-state index contributed by atoms with van der Waals surface area (Å²) in [5, 5.41) is 3.57. The summed E-state index contributed by atoms with van der Waals surface area (Å²) in [4.78, 5) is 2.49. The van der Waals surface area contributed by atoms with Crippen LogP contribution in [-0.4, -0.2) is 31.1 Å². The summed E-state index contributed by atoms with van der Waals surface area (Å²) >= 11 is 3.43. The fraction of sp³-hybridized carbons (Fsp3) is 0.600. The van der Waals surface area contributed by atoms with Crippen molar-refractivity contribution in [2.45, 2.75) is 26.3 Å². The topological polar surface area (TPSA) is 15.3 Å². The fourth-order valence-corrected chi connectivity index (χ4v) is 3.37. The predicted octanol–water partition coefficient (Wildman–Crippen LogP) is 3.58. The van der Waals surface area contributed by atoms with Crippen molar-refractivity contribution in [1.82, 2.24) is 10.2 Å². The molecule has 0 bridgehead atoms. The van der Waals surface area contributed by atoms with Crippen LogP contribution in [-0.2, 0) is 0 Å². The minimum absolute atomic E-state index is 0.197. The highest BCUT2D eigenvalue weighted by Crippen LogP contribution is 2.25. The summed E-state index contributed by atoms with van der Waals surface area (Å²) in [6.45, 7) is 8.94. The molecular weight excluding hydrogens is 307 g/mol. The number of benzene rings is 1. The number of rotatable bonds is 5. The summed E-state index contributed by atoms with van der Waals surface area (Å²) in [5.74, 6) is 0.541. The lowest BCUT2D eigenvalue weighted by molar-refractivity contribution is 0.336. The van der Waals surface area contributed by atoms with E-state index in [9.17, 15) is 4.39 Å². The monoisotopic (exact) mass is 328 g/mol. The van der Waals surface area contributed by atoms with E-state index >= 15 is 0 Å². The highest BCUT2D eigenvalue weighted by atomic mass is 79.9. The van der Waals surface area contributed by atoms with Gasteiger partial charge in [0.15, 0.2) is 0 Å². The Balaban J connectivity index is 1.86. The second-order valence-corrected chi connectivity index (χ2v) is 6.20. The van der Waals surface area contributed by atoms with Gasteiger partial charge in [-0.25, -0.2) is 4.39 Å². The van der Waals surface area contributed by atoms with Crippen molar-refractivity contribution in [3.8, 4) is 0 Å². The van der Waals surface area contributed by atoms with Gasteiger partial charge >= 0.3 is 0 Å². The van der Waals surface area contributed by atoms with Gasteiger partial charge in [-0.15, -0.1) is 0 Å². The average Bonchev–Trinajstić information content (AvgIpc) is 2.84. The molecule has 2 rings (SSSR count). The van der Waals surface area contributed by atoms with Gasteiger partial charge in [0.25, 0.3) is 0 Å². The lowest BCUT2D eigenvalue weighted by atomic mass is 10.1. The predicted molar refractivity (Wildman–Crippen MR) is 80.7 cm³/mol. The van der Waals surface area contributed by atoms with Crippen LogP contribution in [0.5, 0.6) is 0 Å². The van der Waals surface area contributed by atoms with Crippen LogP contribution in [0.15, 0.2) is 22.7 Å². The van der Waals surface area contributed by atoms with Crippen LogP contribution in [0.1, 0.15) is 31.9 Å². The second kappa shape index (κ2) is 6.82. The molecule has 1 aromatic rings. The molecule has 2 unspecified atom stereocenters. The maximum absolute atomic E-state index is 13.1. The lowest BCUT2D eigenvalue weighted by Crippen LogP contribution is -2.28. The van der Waals surface area contributed by atoms with Crippen molar-refractivity contribution in [3.63, 3.8) is 0 Å². The van der Waals surface area contributed by atoms with Crippen molar-refractivity contribution in [1.29, 1.82) is 0 Å². The van der Waals surface area contributed by atoms with Crippen molar-refractivity contribution in [2.75, 3.05) is 26.2 Å². The molecule has 1 saturated heterocycles. The van der Waals surface area contributed by atoms with Crippen LogP contribution >= 0.6 is 15.9 Å². The van der Waals surface area contributed by atoms with Gasteiger partial charge < -0.3 is 10.2 Å². The van der Waals surface area contributed by atoms with Crippen molar-refractivity contribution < 1.29 is 4.39 Å². The molecule has 0 saturated carbocycles. The largest absolute Gasteiger partial charge is 0.310 e. The third kappa shape index (κ3) is 4.01. The molecule has 1 aliphatic heterocycles. The first-order valence-corrected chi connectivity index (χ1v) is 7.80. The zero-order valence-corrected chi connectivity index (χ0v) is 13.2. The molecule has 1 heterocycles. The Morgan fingerprint density at radius 2 is 2.32 bits per heavy atom. The molecule has 1 aliphatic rings. The molecule has 19 heavy (non-hydrogen) atoms. The van der Waals surface area contributed by atoms with E-state index in [1.54, 1.807) is 0 Å². The molecule has 2 nitrogen and oxygen atoms in total. The Labute approximate surface area is 123 Å². The standard InChI is InChI=1S/C15H22BrFN2/c1-3-19-7-6-12(10-19)9-18-11(2)14-5-4-13(17)8-15(14)16/h4-5,8,11-12,18H,3,6-7,9-10H2,1-2H3. The van der Waals surface area contributed by atoms with E-state index in [0.29, 0.717) is 0 Å². The van der Waals surface area contributed by atoms with Gasteiger partial charge in [-0.3, -0.25) is 0 Å². The highest BCUT2D eigenvalue weighted by molar-refractivity contribution is 9.10. The quantitative estimate of drug-likeness (QED) is 0.888. The zero-order valence-electron chi connectivity index (χ0n) is 11.6. The van der Waals surface area contributed by atoms with Crippen LogP contribution in [0.2, 0.25) is 0 Å². The Morgan fingerprint density at radius 3 is 2.95 bits per heavy atom. The molecule has 2 atom stereocenters. The van der Waals surface area contributed by atoms with E-state index in [2.05, 4.69) is 40.0 Å². The van der Waals surface area contributed by atoms with Gasteiger partial charge in [0.05, 0.1) is 0 Å².